The fraction of sp³-hybridized carbons (Fsp3) is 0.800. The van der Waals surface area contributed by atoms with Crippen molar-refractivity contribution >= 4 is 0 Å². The van der Waals surface area contributed by atoms with E-state index >= 15 is 0 Å². The molecule has 11 heavy (non-hydrogen) atoms. The van der Waals surface area contributed by atoms with E-state index in [1.54, 1.807) is 0 Å². The SMILES string of the molecule is C=CCC1(CC)CCNCC1. The Balaban J connectivity index is 2.49. The molecule has 1 aliphatic heterocycles. The Labute approximate surface area is 69.9 Å². The smallest absolute Gasteiger partial charge is 0.00435 e. The zero-order chi connectivity index (χ0) is 8.16. The summed E-state index contributed by atoms with van der Waals surface area (Å²) in [5.74, 6) is 0. The predicted octanol–water partition coefficient (Wildman–Crippen LogP) is 2.34. The predicted molar refractivity (Wildman–Crippen MR) is 49.6 cm³/mol. The van der Waals surface area contributed by atoms with Gasteiger partial charge in [0.1, 0.15) is 0 Å². The largest absolute Gasteiger partial charge is 0.317 e. The molecule has 0 amide bonds. The van der Waals surface area contributed by atoms with E-state index in [9.17, 15) is 0 Å². The second-order valence-electron chi connectivity index (χ2n) is 3.60. The Morgan fingerprint density at radius 3 is 2.55 bits per heavy atom. The molecule has 1 nitrogen and oxygen atoms in total. The van der Waals surface area contributed by atoms with Gasteiger partial charge in [-0.05, 0) is 37.8 Å². The Morgan fingerprint density at radius 1 is 1.45 bits per heavy atom. The van der Waals surface area contributed by atoms with Crippen molar-refractivity contribution in [3.05, 3.63) is 12.7 Å². The van der Waals surface area contributed by atoms with Gasteiger partial charge in [0.15, 0.2) is 0 Å². The van der Waals surface area contributed by atoms with Crippen LogP contribution in [-0.2, 0) is 0 Å². The summed E-state index contributed by atoms with van der Waals surface area (Å²) in [6, 6.07) is 0. The second kappa shape index (κ2) is 3.91. The maximum Gasteiger partial charge on any atom is -0.00435 e. The molecule has 1 aliphatic rings. The normalized spacial score (nSPS) is 23.0. The fourth-order valence-electron chi connectivity index (χ4n) is 1.97. The molecule has 1 N–H and O–H groups in total. The average molecular weight is 153 g/mol. The Bertz CT molecular complexity index is 123. The lowest BCUT2D eigenvalue weighted by atomic mass is 9.74. The maximum atomic E-state index is 3.83. The third kappa shape index (κ3) is 2.06. The van der Waals surface area contributed by atoms with Gasteiger partial charge in [-0.2, -0.15) is 0 Å². The lowest BCUT2D eigenvalue weighted by Crippen LogP contribution is -2.35. The van der Waals surface area contributed by atoms with E-state index in [4.69, 9.17) is 0 Å². The van der Waals surface area contributed by atoms with Gasteiger partial charge in [0.05, 0.1) is 0 Å². The van der Waals surface area contributed by atoms with Crippen LogP contribution in [0.4, 0.5) is 0 Å². The third-order valence-corrected chi connectivity index (χ3v) is 2.99. The van der Waals surface area contributed by atoms with Crippen LogP contribution in [0.2, 0.25) is 0 Å². The van der Waals surface area contributed by atoms with Crippen LogP contribution < -0.4 is 5.32 Å². The van der Waals surface area contributed by atoms with Crippen molar-refractivity contribution in [3.8, 4) is 0 Å². The van der Waals surface area contributed by atoms with E-state index in [1.165, 1.54) is 38.8 Å². The Hall–Kier alpha value is -0.300. The van der Waals surface area contributed by atoms with Gasteiger partial charge in [0, 0.05) is 0 Å². The van der Waals surface area contributed by atoms with Crippen molar-refractivity contribution in [2.24, 2.45) is 5.41 Å². The highest BCUT2D eigenvalue weighted by Crippen LogP contribution is 2.36. The lowest BCUT2D eigenvalue weighted by molar-refractivity contribution is 0.196. The van der Waals surface area contributed by atoms with Gasteiger partial charge >= 0.3 is 0 Å². The van der Waals surface area contributed by atoms with Crippen LogP contribution in [0.25, 0.3) is 0 Å². The van der Waals surface area contributed by atoms with Crippen LogP contribution in [0.1, 0.15) is 32.6 Å². The van der Waals surface area contributed by atoms with Gasteiger partial charge < -0.3 is 5.32 Å². The maximum absolute atomic E-state index is 3.83. The summed E-state index contributed by atoms with van der Waals surface area (Å²) in [7, 11) is 0. The molecule has 0 aromatic heterocycles. The van der Waals surface area contributed by atoms with Gasteiger partial charge in [0.25, 0.3) is 0 Å². The topological polar surface area (TPSA) is 12.0 Å². The van der Waals surface area contributed by atoms with Crippen LogP contribution in [-0.4, -0.2) is 13.1 Å². The number of rotatable bonds is 3. The van der Waals surface area contributed by atoms with E-state index in [-0.39, 0.29) is 0 Å². The fourth-order valence-corrected chi connectivity index (χ4v) is 1.97. The molecule has 1 rings (SSSR count). The first-order valence-electron chi connectivity index (χ1n) is 4.64. The van der Waals surface area contributed by atoms with Gasteiger partial charge in [-0.3, -0.25) is 0 Å². The van der Waals surface area contributed by atoms with E-state index in [1.807, 2.05) is 0 Å². The van der Waals surface area contributed by atoms with E-state index in [2.05, 4.69) is 24.9 Å². The van der Waals surface area contributed by atoms with Crippen molar-refractivity contribution in [1.29, 1.82) is 0 Å². The van der Waals surface area contributed by atoms with E-state index < -0.39 is 0 Å². The van der Waals surface area contributed by atoms with Crippen molar-refractivity contribution in [3.63, 3.8) is 0 Å². The second-order valence-corrected chi connectivity index (χ2v) is 3.60. The van der Waals surface area contributed by atoms with Crippen molar-refractivity contribution < 1.29 is 0 Å². The number of nitrogens with one attached hydrogen (secondary N) is 1. The molecule has 1 heteroatoms. The Morgan fingerprint density at radius 2 is 2.09 bits per heavy atom. The molecular weight excluding hydrogens is 134 g/mol. The minimum atomic E-state index is 0.590. The van der Waals surface area contributed by atoms with Crippen LogP contribution >= 0.6 is 0 Å². The van der Waals surface area contributed by atoms with Gasteiger partial charge in [-0.25, -0.2) is 0 Å². The number of piperidine rings is 1. The highest BCUT2D eigenvalue weighted by molar-refractivity contribution is 4.89. The minimum absolute atomic E-state index is 0.590. The summed E-state index contributed by atoms with van der Waals surface area (Å²) < 4.78 is 0. The van der Waals surface area contributed by atoms with Crippen LogP contribution in [0.15, 0.2) is 12.7 Å². The average Bonchev–Trinajstić information content (AvgIpc) is 2.07. The first kappa shape index (κ1) is 8.79. The summed E-state index contributed by atoms with van der Waals surface area (Å²) in [6.45, 7) is 8.52. The summed E-state index contributed by atoms with van der Waals surface area (Å²) >= 11 is 0. The summed E-state index contributed by atoms with van der Waals surface area (Å²) in [5, 5.41) is 3.40. The number of hydrogen-bond acceptors (Lipinski definition) is 1. The zero-order valence-electron chi connectivity index (χ0n) is 7.53. The minimum Gasteiger partial charge on any atom is -0.317 e. The first-order chi connectivity index (χ1) is 5.33. The third-order valence-electron chi connectivity index (χ3n) is 2.99. The van der Waals surface area contributed by atoms with Crippen molar-refractivity contribution in [1.82, 2.24) is 5.32 Å². The molecule has 0 bridgehead atoms. The Kier molecular flexibility index (Phi) is 3.13. The molecule has 1 fully saturated rings. The molecule has 1 heterocycles. The molecule has 0 atom stereocenters. The summed E-state index contributed by atoms with van der Waals surface area (Å²) in [4.78, 5) is 0. The van der Waals surface area contributed by atoms with Crippen molar-refractivity contribution in [2.75, 3.05) is 13.1 Å². The molecule has 0 aromatic rings. The molecule has 0 spiro atoms. The highest BCUT2D eigenvalue weighted by Gasteiger charge is 2.28. The van der Waals surface area contributed by atoms with E-state index in [0.717, 1.165) is 0 Å². The molecular formula is C10H19N. The molecule has 0 saturated carbocycles. The highest BCUT2D eigenvalue weighted by atomic mass is 14.9. The van der Waals surface area contributed by atoms with Crippen LogP contribution in [0, 0.1) is 5.41 Å². The summed E-state index contributed by atoms with van der Waals surface area (Å²) in [6.07, 6.45) is 7.24. The lowest BCUT2D eigenvalue weighted by Gasteiger charge is -2.36. The number of hydrogen-bond donors (Lipinski definition) is 1. The van der Waals surface area contributed by atoms with Crippen molar-refractivity contribution in [2.45, 2.75) is 32.6 Å². The first-order valence-corrected chi connectivity index (χ1v) is 4.64. The van der Waals surface area contributed by atoms with Gasteiger partial charge in [-0.15, -0.1) is 6.58 Å². The summed E-state index contributed by atoms with van der Waals surface area (Å²) in [5.41, 5.74) is 0.590. The molecule has 0 radical (unpaired) electrons. The zero-order valence-corrected chi connectivity index (χ0v) is 7.53. The van der Waals surface area contributed by atoms with Crippen LogP contribution in [0.3, 0.4) is 0 Å². The molecule has 64 valence electrons. The molecule has 0 aliphatic carbocycles. The quantitative estimate of drug-likeness (QED) is 0.614. The standard InChI is InChI=1S/C10H19N/c1-3-5-10(4-2)6-8-11-9-7-10/h3,11H,1,4-9H2,2H3. The number of allylic oxidation sites excluding steroid dienone is 1. The monoisotopic (exact) mass is 153 g/mol. The van der Waals surface area contributed by atoms with Crippen LogP contribution in [0.5, 0.6) is 0 Å². The molecule has 1 saturated heterocycles. The molecule has 0 unspecified atom stereocenters. The van der Waals surface area contributed by atoms with E-state index in [0.29, 0.717) is 5.41 Å². The van der Waals surface area contributed by atoms with Gasteiger partial charge in [0.2, 0.25) is 0 Å². The molecule has 0 aromatic carbocycles. The van der Waals surface area contributed by atoms with Gasteiger partial charge in [-0.1, -0.05) is 19.4 Å².